The molecule has 0 aliphatic carbocycles. The molecule has 0 aliphatic rings. The average Bonchev–Trinajstić information content (AvgIpc) is 2.57. The van der Waals surface area contributed by atoms with Gasteiger partial charge in [-0.15, -0.1) is 0 Å². The Morgan fingerprint density at radius 1 is 1.44 bits per heavy atom. The van der Waals surface area contributed by atoms with Crippen LogP contribution in [0.5, 0.6) is 0 Å². The molecule has 2 rings (SSSR count). The van der Waals surface area contributed by atoms with Gasteiger partial charge >= 0.3 is 0 Å². The number of nitrogens with zero attached hydrogens (tertiary/aromatic N) is 2. The number of nitrogens with one attached hydrogen (secondary N) is 1. The molecule has 16 heavy (non-hydrogen) atoms. The smallest absolute Gasteiger partial charge is 0.0938 e. The molecule has 0 atom stereocenters. The number of halogens is 1. The van der Waals surface area contributed by atoms with Crippen molar-refractivity contribution in [3.05, 3.63) is 28.4 Å². The van der Waals surface area contributed by atoms with E-state index in [4.69, 9.17) is 0 Å². The third-order valence-corrected chi connectivity index (χ3v) is 3.09. The zero-order valence-corrected chi connectivity index (χ0v) is 11.4. The van der Waals surface area contributed by atoms with Crippen molar-refractivity contribution in [1.82, 2.24) is 15.1 Å². The summed E-state index contributed by atoms with van der Waals surface area (Å²) in [5.74, 6) is 0. The molecule has 0 fully saturated rings. The fourth-order valence-electron chi connectivity index (χ4n) is 1.90. The van der Waals surface area contributed by atoms with E-state index in [1.54, 1.807) is 0 Å². The minimum atomic E-state index is 0.384. The Balaban J connectivity index is 2.65. The molecule has 3 nitrogen and oxygen atoms in total. The highest BCUT2D eigenvalue weighted by molar-refractivity contribution is 9.10. The van der Waals surface area contributed by atoms with Crippen LogP contribution in [0.1, 0.15) is 25.6 Å². The van der Waals surface area contributed by atoms with Gasteiger partial charge in [-0.05, 0) is 39.1 Å². The molecule has 1 N–H and O–H groups in total. The Kier molecular flexibility index (Phi) is 3.30. The van der Waals surface area contributed by atoms with Crippen LogP contribution < -0.4 is 5.32 Å². The monoisotopic (exact) mass is 281 g/mol. The maximum absolute atomic E-state index is 4.64. The lowest BCUT2D eigenvalue weighted by Gasteiger charge is -2.10. The SMILES string of the molecule is CNCc1c2ccc(Br)cc2nn1C(C)C. The predicted octanol–water partition coefficient (Wildman–Crippen LogP) is 3.10. The summed E-state index contributed by atoms with van der Waals surface area (Å²) in [6.07, 6.45) is 0. The van der Waals surface area contributed by atoms with Gasteiger partial charge in [-0.3, -0.25) is 4.68 Å². The van der Waals surface area contributed by atoms with E-state index in [9.17, 15) is 0 Å². The highest BCUT2D eigenvalue weighted by Crippen LogP contribution is 2.24. The summed E-state index contributed by atoms with van der Waals surface area (Å²) in [5.41, 5.74) is 2.30. The molecule has 4 heteroatoms. The van der Waals surface area contributed by atoms with Crippen molar-refractivity contribution in [3.63, 3.8) is 0 Å². The zero-order chi connectivity index (χ0) is 11.7. The van der Waals surface area contributed by atoms with Crippen LogP contribution >= 0.6 is 15.9 Å². The van der Waals surface area contributed by atoms with Crippen LogP contribution in [0.25, 0.3) is 10.9 Å². The lowest BCUT2D eigenvalue weighted by atomic mass is 10.2. The number of hydrogen-bond donors (Lipinski definition) is 1. The van der Waals surface area contributed by atoms with Gasteiger partial charge in [0.2, 0.25) is 0 Å². The van der Waals surface area contributed by atoms with Gasteiger partial charge in [0.15, 0.2) is 0 Å². The Morgan fingerprint density at radius 2 is 2.19 bits per heavy atom. The molecule has 1 heterocycles. The lowest BCUT2D eigenvalue weighted by Crippen LogP contribution is -2.13. The van der Waals surface area contributed by atoms with Gasteiger partial charge in [0, 0.05) is 22.4 Å². The molecular formula is C12H16BrN3. The van der Waals surface area contributed by atoms with Crippen molar-refractivity contribution in [2.75, 3.05) is 7.05 Å². The molecule has 1 aromatic heterocycles. The Hall–Kier alpha value is -0.870. The maximum atomic E-state index is 4.64. The minimum Gasteiger partial charge on any atom is -0.314 e. The van der Waals surface area contributed by atoms with Crippen molar-refractivity contribution in [2.24, 2.45) is 0 Å². The van der Waals surface area contributed by atoms with Crippen LogP contribution in [-0.2, 0) is 6.54 Å². The molecule has 0 saturated heterocycles. The van der Waals surface area contributed by atoms with Crippen LogP contribution in [0.3, 0.4) is 0 Å². The fraction of sp³-hybridized carbons (Fsp3) is 0.417. The highest BCUT2D eigenvalue weighted by atomic mass is 79.9. The molecule has 0 saturated carbocycles. The highest BCUT2D eigenvalue weighted by Gasteiger charge is 2.12. The van der Waals surface area contributed by atoms with Gasteiger partial charge in [-0.1, -0.05) is 15.9 Å². The first-order chi connectivity index (χ1) is 7.63. The van der Waals surface area contributed by atoms with Gasteiger partial charge in [0.05, 0.1) is 11.2 Å². The van der Waals surface area contributed by atoms with Gasteiger partial charge in [-0.25, -0.2) is 0 Å². The molecule has 0 aliphatic heterocycles. The van der Waals surface area contributed by atoms with Gasteiger partial charge < -0.3 is 5.32 Å². The molecule has 0 bridgehead atoms. The summed E-state index contributed by atoms with van der Waals surface area (Å²) in [7, 11) is 1.96. The molecule has 0 spiro atoms. The summed E-state index contributed by atoms with van der Waals surface area (Å²) in [5, 5.41) is 9.07. The second kappa shape index (κ2) is 4.55. The molecule has 1 aromatic carbocycles. The van der Waals surface area contributed by atoms with E-state index in [1.165, 1.54) is 11.1 Å². The summed E-state index contributed by atoms with van der Waals surface area (Å²) in [4.78, 5) is 0. The second-order valence-corrected chi connectivity index (χ2v) is 5.09. The van der Waals surface area contributed by atoms with E-state index in [1.807, 2.05) is 7.05 Å². The Bertz CT molecular complexity index is 502. The van der Waals surface area contributed by atoms with Crippen molar-refractivity contribution in [1.29, 1.82) is 0 Å². The quantitative estimate of drug-likeness (QED) is 0.937. The van der Waals surface area contributed by atoms with Crippen molar-refractivity contribution in [2.45, 2.75) is 26.4 Å². The van der Waals surface area contributed by atoms with E-state index in [2.05, 4.69) is 63.1 Å². The zero-order valence-electron chi connectivity index (χ0n) is 9.79. The van der Waals surface area contributed by atoms with Crippen LogP contribution in [0.2, 0.25) is 0 Å². The third-order valence-electron chi connectivity index (χ3n) is 2.60. The van der Waals surface area contributed by atoms with Gasteiger partial charge in [-0.2, -0.15) is 5.10 Å². The summed E-state index contributed by atoms with van der Waals surface area (Å²) in [6.45, 7) is 5.15. The normalized spacial score (nSPS) is 11.6. The topological polar surface area (TPSA) is 29.9 Å². The second-order valence-electron chi connectivity index (χ2n) is 4.18. The Labute approximate surface area is 104 Å². The first-order valence-corrected chi connectivity index (χ1v) is 6.24. The van der Waals surface area contributed by atoms with Crippen LogP contribution in [0.4, 0.5) is 0 Å². The average molecular weight is 282 g/mol. The number of hydrogen-bond acceptors (Lipinski definition) is 2. The first-order valence-electron chi connectivity index (χ1n) is 5.44. The summed E-state index contributed by atoms with van der Waals surface area (Å²) in [6, 6.07) is 6.63. The first kappa shape index (κ1) is 11.6. The van der Waals surface area contributed by atoms with Crippen LogP contribution in [-0.4, -0.2) is 16.8 Å². The third kappa shape index (κ3) is 1.99. The van der Waals surface area contributed by atoms with Crippen molar-refractivity contribution >= 4 is 26.8 Å². The standard InChI is InChI=1S/C12H16BrN3/c1-8(2)16-12(7-14-3)10-5-4-9(13)6-11(10)15-16/h4-6,8,14H,7H2,1-3H3. The predicted molar refractivity (Wildman–Crippen MR) is 70.6 cm³/mol. The van der Waals surface area contributed by atoms with Crippen molar-refractivity contribution < 1.29 is 0 Å². The van der Waals surface area contributed by atoms with Gasteiger partial charge in [0.25, 0.3) is 0 Å². The fourth-order valence-corrected chi connectivity index (χ4v) is 2.25. The van der Waals surface area contributed by atoms with E-state index in [-0.39, 0.29) is 0 Å². The minimum absolute atomic E-state index is 0.384. The number of rotatable bonds is 3. The summed E-state index contributed by atoms with van der Waals surface area (Å²) < 4.78 is 3.16. The number of aromatic nitrogens is 2. The molecule has 0 amide bonds. The maximum Gasteiger partial charge on any atom is 0.0938 e. The molecule has 0 unspecified atom stereocenters. The largest absolute Gasteiger partial charge is 0.314 e. The Morgan fingerprint density at radius 3 is 2.81 bits per heavy atom. The van der Waals surface area contributed by atoms with E-state index < -0.39 is 0 Å². The molecule has 0 radical (unpaired) electrons. The van der Waals surface area contributed by atoms with E-state index >= 15 is 0 Å². The molecule has 2 aromatic rings. The number of benzene rings is 1. The van der Waals surface area contributed by atoms with Crippen molar-refractivity contribution in [3.8, 4) is 0 Å². The van der Waals surface area contributed by atoms with Crippen LogP contribution in [0.15, 0.2) is 22.7 Å². The summed E-state index contributed by atoms with van der Waals surface area (Å²) >= 11 is 3.48. The van der Waals surface area contributed by atoms with E-state index in [0.717, 1.165) is 16.5 Å². The number of fused-ring (bicyclic) bond motifs is 1. The van der Waals surface area contributed by atoms with E-state index in [0.29, 0.717) is 6.04 Å². The molecule has 86 valence electrons. The van der Waals surface area contributed by atoms with Crippen LogP contribution in [0, 0.1) is 0 Å². The lowest BCUT2D eigenvalue weighted by molar-refractivity contribution is 0.507. The van der Waals surface area contributed by atoms with Gasteiger partial charge in [0.1, 0.15) is 0 Å². The molecular weight excluding hydrogens is 266 g/mol.